The van der Waals surface area contributed by atoms with Gasteiger partial charge >= 0.3 is 0 Å². The Morgan fingerprint density at radius 1 is 1.23 bits per heavy atom. The van der Waals surface area contributed by atoms with Crippen LogP contribution in [0.25, 0.3) is 0 Å². The standard InChI is InChI=1S/C11H22N2/c1-11(2,9-4-5-9)12-10-6-7-13(3)8-10/h9-10,12H,4-8H2,1-3H3/t10-/m0/s1. The van der Waals surface area contributed by atoms with Crippen molar-refractivity contribution >= 4 is 0 Å². The number of hydrogen-bond acceptors (Lipinski definition) is 2. The van der Waals surface area contributed by atoms with Gasteiger partial charge in [0.1, 0.15) is 0 Å². The average Bonchev–Trinajstić information content (AvgIpc) is 2.78. The zero-order valence-corrected chi connectivity index (χ0v) is 9.14. The lowest BCUT2D eigenvalue weighted by molar-refractivity contribution is 0.292. The van der Waals surface area contributed by atoms with Crippen molar-refractivity contribution in [2.24, 2.45) is 5.92 Å². The van der Waals surface area contributed by atoms with E-state index in [0.717, 1.165) is 12.0 Å². The average molecular weight is 182 g/mol. The van der Waals surface area contributed by atoms with Crippen LogP contribution in [0.15, 0.2) is 0 Å². The molecule has 76 valence electrons. The summed E-state index contributed by atoms with van der Waals surface area (Å²) in [6.45, 7) is 7.22. The highest BCUT2D eigenvalue weighted by molar-refractivity contribution is 4.97. The molecule has 0 aromatic carbocycles. The third kappa shape index (κ3) is 2.23. The van der Waals surface area contributed by atoms with Gasteiger partial charge in [-0.2, -0.15) is 0 Å². The van der Waals surface area contributed by atoms with Gasteiger partial charge in [0.15, 0.2) is 0 Å². The van der Waals surface area contributed by atoms with Crippen LogP contribution in [-0.2, 0) is 0 Å². The van der Waals surface area contributed by atoms with E-state index in [4.69, 9.17) is 0 Å². The van der Waals surface area contributed by atoms with Gasteiger partial charge in [-0.05, 0) is 52.6 Å². The minimum absolute atomic E-state index is 0.385. The van der Waals surface area contributed by atoms with Gasteiger partial charge in [0.2, 0.25) is 0 Å². The van der Waals surface area contributed by atoms with Crippen LogP contribution < -0.4 is 5.32 Å². The lowest BCUT2D eigenvalue weighted by Gasteiger charge is -2.30. The van der Waals surface area contributed by atoms with E-state index >= 15 is 0 Å². The summed E-state index contributed by atoms with van der Waals surface area (Å²) in [6, 6.07) is 0.737. The van der Waals surface area contributed by atoms with E-state index in [1.54, 1.807) is 0 Å². The molecule has 1 saturated heterocycles. The van der Waals surface area contributed by atoms with Crippen molar-refractivity contribution < 1.29 is 0 Å². The lowest BCUT2D eigenvalue weighted by atomic mass is 9.97. The van der Waals surface area contributed by atoms with E-state index in [0.29, 0.717) is 5.54 Å². The summed E-state index contributed by atoms with van der Waals surface area (Å²) in [4.78, 5) is 2.42. The van der Waals surface area contributed by atoms with Gasteiger partial charge in [-0.3, -0.25) is 0 Å². The van der Waals surface area contributed by atoms with Crippen molar-refractivity contribution in [3.05, 3.63) is 0 Å². The molecule has 1 aliphatic heterocycles. The smallest absolute Gasteiger partial charge is 0.0212 e. The first-order valence-electron chi connectivity index (χ1n) is 5.54. The predicted octanol–water partition coefficient (Wildman–Crippen LogP) is 1.47. The minimum Gasteiger partial charge on any atom is -0.307 e. The van der Waals surface area contributed by atoms with Crippen LogP contribution in [0.2, 0.25) is 0 Å². The van der Waals surface area contributed by atoms with Crippen LogP contribution in [-0.4, -0.2) is 36.6 Å². The molecule has 0 spiro atoms. The molecule has 1 heterocycles. The maximum absolute atomic E-state index is 3.81. The maximum Gasteiger partial charge on any atom is 0.0212 e. The molecule has 0 radical (unpaired) electrons. The van der Waals surface area contributed by atoms with Crippen molar-refractivity contribution in [1.82, 2.24) is 10.2 Å². The largest absolute Gasteiger partial charge is 0.307 e. The Bertz CT molecular complexity index is 185. The molecule has 1 saturated carbocycles. The first-order valence-corrected chi connectivity index (χ1v) is 5.54. The van der Waals surface area contributed by atoms with E-state index in [-0.39, 0.29) is 0 Å². The fourth-order valence-corrected chi connectivity index (χ4v) is 2.50. The maximum atomic E-state index is 3.81. The van der Waals surface area contributed by atoms with Crippen LogP contribution in [0.3, 0.4) is 0 Å². The molecular weight excluding hydrogens is 160 g/mol. The van der Waals surface area contributed by atoms with E-state index < -0.39 is 0 Å². The van der Waals surface area contributed by atoms with Gasteiger partial charge < -0.3 is 10.2 Å². The highest BCUT2D eigenvalue weighted by atomic mass is 15.2. The Labute approximate surface area is 81.7 Å². The number of hydrogen-bond donors (Lipinski definition) is 1. The Balaban J connectivity index is 1.82. The summed E-state index contributed by atoms with van der Waals surface area (Å²) in [6.07, 6.45) is 4.19. The zero-order valence-electron chi connectivity index (χ0n) is 9.14. The molecule has 1 atom stereocenters. The molecule has 0 bridgehead atoms. The summed E-state index contributed by atoms with van der Waals surface area (Å²) in [5.74, 6) is 0.943. The van der Waals surface area contributed by atoms with Crippen molar-refractivity contribution in [1.29, 1.82) is 0 Å². The molecule has 13 heavy (non-hydrogen) atoms. The topological polar surface area (TPSA) is 15.3 Å². The summed E-state index contributed by atoms with van der Waals surface area (Å²) in [5, 5.41) is 3.81. The first kappa shape index (κ1) is 9.47. The normalized spacial score (nSPS) is 31.2. The van der Waals surface area contributed by atoms with Gasteiger partial charge in [0.05, 0.1) is 0 Å². The second kappa shape index (κ2) is 3.25. The summed E-state index contributed by atoms with van der Waals surface area (Å²) in [5.41, 5.74) is 0.385. The Hall–Kier alpha value is -0.0800. The number of likely N-dealkylation sites (N-methyl/N-ethyl adjacent to an activating group) is 1. The van der Waals surface area contributed by atoms with E-state index in [1.165, 1.54) is 32.4 Å². The van der Waals surface area contributed by atoms with Crippen LogP contribution in [0.5, 0.6) is 0 Å². The molecule has 1 N–H and O–H groups in total. The molecule has 0 amide bonds. The first-order chi connectivity index (χ1) is 6.08. The zero-order chi connectivity index (χ0) is 9.47. The van der Waals surface area contributed by atoms with Gasteiger partial charge in [0.25, 0.3) is 0 Å². The van der Waals surface area contributed by atoms with E-state index in [2.05, 4.69) is 31.1 Å². The monoisotopic (exact) mass is 182 g/mol. The highest BCUT2D eigenvalue weighted by Gasteiger charge is 2.39. The quantitative estimate of drug-likeness (QED) is 0.711. The third-order valence-electron chi connectivity index (χ3n) is 3.57. The second-order valence-corrected chi connectivity index (χ2v) is 5.39. The fraction of sp³-hybridized carbons (Fsp3) is 1.00. The van der Waals surface area contributed by atoms with Gasteiger partial charge in [-0.15, -0.1) is 0 Å². The molecule has 2 aliphatic rings. The Kier molecular flexibility index (Phi) is 2.37. The Morgan fingerprint density at radius 2 is 1.92 bits per heavy atom. The van der Waals surface area contributed by atoms with Crippen LogP contribution in [0, 0.1) is 5.92 Å². The van der Waals surface area contributed by atoms with Crippen LogP contribution in [0.1, 0.15) is 33.1 Å². The fourth-order valence-electron chi connectivity index (χ4n) is 2.50. The molecule has 2 rings (SSSR count). The number of rotatable bonds is 3. The molecule has 0 aromatic rings. The molecule has 2 nitrogen and oxygen atoms in total. The molecule has 2 fully saturated rings. The molecular formula is C11H22N2. The van der Waals surface area contributed by atoms with Crippen LogP contribution >= 0.6 is 0 Å². The van der Waals surface area contributed by atoms with Gasteiger partial charge in [-0.25, -0.2) is 0 Å². The summed E-state index contributed by atoms with van der Waals surface area (Å²) in [7, 11) is 2.21. The van der Waals surface area contributed by atoms with Gasteiger partial charge in [-0.1, -0.05) is 0 Å². The van der Waals surface area contributed by atoms with Crippen molar-refractivity contribution in [3.63, 3.8) is 0 Å². The predicted molar refractivity (Wildman–Crippen MR) is 55.8 cm³/mol. The summed E-state index contributed by atoms with van der Waals surface area (Å²) >= 11 is 0. The third-order valence-corrected chi connectivity index (χ3v) is 3.57. The van der Waals surface area contributed by atoms with Crippen LogP contribution in [0.4, 0.5) is 0 Å². The van der Waals surface area contributed by atoms with Crippen molar-refractivity contribution in [2.75, 3.05) is 20.1 Å². The molecule has 2 heteroatoms. The lowest BCUT2D eigenvalue weighted by Crippen LogP contribution is -2.48. The second-order valence-electron chi connectivity index (χ2n) is 5.39. The van der Waals surface area contributed by atoms with Crippen molar-refractivity contribution in [3.8, 4) is 0 Å². The minimum atomic E-state index is 0.385. The number of nitrogens with one attached hydrogen (secondary N) is 1. The van der Waals surface area contributed by atoms with E-state index in [9.17, 15) is 0 Å². The summed E-state index contributed by atoms with van der Waals surface area (Å²) < 4.78 is 0. The Morgan fingerprint density at radius 3 is 2.38 bits per heavy atom. The number of nitrogens with zero attached hydrogens (tertiary/aromatic N) is 1. The molecule has 0 aromatic heterocycles. The van der Waals surface area contributed by atoms with Gasteiger partial charge in [0, 0.05) is 18.1 Å². The van der Waals surface area contributed by atoms with E-state index in [1.807, 2.05) is 0 Å². The number of likely N-dealkylation sites (tertiary alicyclic amines) is 1. The highest BCUT2D eigenvalue weighted by Crippen LogP contribution is 2.39. The molecule has 0 unspecified atom stereocenters. The SMILES string of the molecule is CN1CC[C@H](NC(C)(C)C2CC2)C1. The molecule has 1 aliphatic carbocycles. The van der Waals surface area contributed by atoms with Crippen molar-refractivity contribution in [2.45, 2.75) is 44.7 Å².